The fraction of sp³-hybridized carbons (Fsp3) is 0.333. The molecule has 3 N–H and O–H groups in total. The van der Waals surface area contributed by atoms with Crippen LogP contribution in [0.1, 0.15) is 18.6 Å². The van der Waals surface area contributed by atoms with Crippen LogP contribution in [0.15, 0.2) is 24.3 Å². The molecule has 98 valence electrons. The van der Waals surface area contributed by atoms with Gasteiger partial charge in [-0.05, 0) is 13.0 Å². The highest BCUT2D eigenvalue weighted by atomic mass is 16.5. The van der Waals surface area contributed by atoms with E-state index in [0.29, 0.717) is 11.3 Å². The minimum atomic E-state index is -1.13. The van der Waals surface area contributed by atoms with Gasteiger partial charge >= 0.3 is 5.97 Å². The van der Waals surface area contributed by atoms with E-state index in [1.807, 2.05) is 0 Å². The maximum atomic E-state index is 11.5. The first-order valence-corrected chi connectivity index (χ1v) is 5.37. The van der Waals surface area contributed by atoms with Crippen molar-refractivity contribution in [3.8, 4) is 0 Å². The van der Waals surface area contributed by atoms with E-state index in [4.69, 9.17) is 5.11 Å². The van der Waals surface area contributed by atoms with E-state index in [2.05, 4.69) is 10.1 Å². The Bertz CT molecular complexity index is 430. The Kier molecular flexibility index (Phi) is 5.29. The van der Waals surface area contributed by atoms with Gasteiger partial charge in [-0.3, -0.25) is 4.79 Å². The molecule has 0 saturated carbocycles. The maximum Gasteiger partial charge on any atom is 0.329 e. The van der Waals surface area contributed by atoms with Gasteiger partial charge in [0, 0.05) is 11.3 Å². The van der Waals surface area contributed by atoms with Crippen molar-refractivity contribution in [2.45, 2.75) is 13.0 Å². The summed E-state index contributed by atoms with van der Waals surface area (Å²) in [5.41, 5.74) is 1.07. The van der Waals surface area contributed by atoms with Crippen LogP contribution in [0.25, 0.3) is 0 Å². The Balaban J connectivity index is 2.56. The number of aliphatic carboxylic acids is 1. The van der Waals surface area contributed by atoms with Crippen LogP contribution in [0.4, 0.5) is 5.69 Å². The van der Waals surface area contributed by atoms with Gasteiger partial charge in [-0.1, -0.05) is 18.2 Å². The summed E-state index contributed by atoms with van der Waals surface area (Å²) in [5.74, 6) is -1.60. The van der Waals surface area contributed by atoms with Gasteiger partial charge in [0.05, 0.1) is 6.10 Å². The number of aliphatic hydroxyl groups excluding tert-OH is 1. The molecular formula is C12H15NO5. The Labute approximate surface area is 104 Å². The number of rotatable bonds is 6. The summed E-state index contributed by atoms with van der Waals surface area (Å²) in [7, 11) is 0. The zero-order valence-corrected chi connectivity index (χ0v) is 9.92. The van der Waals surface area contributed by atoms with Gasteiger partial charge in [0.1, 0.15) is 13.2 Å². The van der Waals surface area contributed by atoms with Crippen LogP contribution in [-0.4, -0.2) is 35.3 Å². The summed E-state index contributed by atoms with van der Waals surface area (Å²) in [5, 5.41) is 20.4. The Morgan fingerprint density at radius 1 is 1.33 bits per heavy atom. The van der Waals surface area contributed by atoms with E-state index in [1.54, 1.807) is 31.2 Å². The van der Waals surface area contributed by atoms with E-state index in [0.717, 1.165) is 0 Å². The van der Waals surface area contributed by atoms with E-state index < -0.39 is 24.6 Å². The number of benzene rings is 1. The van der Waals surface area contributed by atoms with Gasteiger partial charge in [-0.15, -0.1) is 0 Å². The lowest BCUT2D eigenvalue weighted by Gasteiger charge is -2.12. The van der Waals surface area contributed by atoms with E-state index in [9.17, 15) is 14.7 Å². The third kappa shape index (κ3) is 4.52. The molecule has 0 aromatic heterocycles. The van der Waals surface area contributed by atoms with Gasteiger partial charge in [-0.2, -0.15) is 0 Å². The molecular weight excluding hydrogens is 238 g/mol. The van der Waals surface area contributed by atoms with Crippen molar-refractivity contribution in [1.29, 1.82) is 0 Å². The normalized spacial score (nSPS) is 11.9. The largest absolute Gasteiger partial charge is 0.480 e. The molecule has 1 aromatic rings. The first-order chi connectivity index (χ1) is 8.50. The molecule has 0 heterocycles. The second kappa shape index (κ2) is 6.73. The van der Waals surface area contributed by atoms with Crippen molar-refractivity contribution in [2.24, 2.45) is 0 Å². The average Bonchev–Trinajstić information content (AvgIpc) is 2.28. The minimum Gasteiger partial charge on any atom is -0.480 e. The average molecular weight is 253 g/mol. The second-order valence-corrected chi connectivity index (χ2v) is 3.70. The van der Waals surface area contributed by atoms with E-state index in [1.165, 1.54) is 0 Å². The number of para-hydroxylation sites is 1. The second-order valence-electron chi connectivity index (χ2n) is 3.70. The van der Waals surface area contributed by atoms with Crippen molar-refractivity contribution in [3.05, 3.63) is 29.8 Å². The summed E-state index contributed by atoms with van der Waals surface area (Å²) in [6.07, 6.45) is -0.707. The number of hydrogen-bond donors (Lipinski definition) is 3. The SMILES string of the molecule is CC(O)c1ccccc1NC(=O)COCC(=O)O. The number of carbonyl (C=O) groups is 2. The molecule has 0 fully saturated rings. The number of carbonyl (C=O) groups excluding carboxylic acids is 1. The Morgan fingerprint density at radius 2 is 2.00 bits per heavy atom. The monoisotopic (exact) mass is 253 g/mol. The Morgan fingerprint density at radius 3 is 2.61 bits per heavy atom. The first-order valence-electron chi connectivity index (χ1n) is 5.37. The minimum absolute atomic E-state index is 0.347. The van der Waals surface area contributed by atoms with Crippen LogP contribution < -0.4 is 5.32 Å². The molecule has 6 heteroatoms. The fourth-order valence-corrected chi connectivity index (χ4v) is 1.39. The lowest BCUT2D eigenvalue weighted by Crippen LogP contribution is -2.21. The van der Waals surface area contributed by atoms with Crippen LogP contribution >= 0.6 is 0 Å². The number of carboxylic acids is 1. The topological polar surface area (TPSA) is 95.9 Å². The quantitative estimate of drug-likeness (QED) is 0.696. The van der Waals surface area contributed by atoms with Crippen LogP contribution in [0.3, 0.4) is 0 Å². The highest BCUT2D eigenvalue weighted by Gasteiger charge is 2.10. The number of amides is 1. The standard InChI is InChI=1S/C12H15NO5/c1-8(14)9-4-2-3-5-10(9)13-11(15)6-18-7-12(16)17/h2-5,8,14H,6-7H2,1H3,(H,13,15)(H,16,17). The fourth-order valence-electron chi connectivity index (χ4n) is 1.39. The van der Waals surface area contributed by atoms with Crippen molar-refractivity contribution in [1.82, 2.24) is 0 Å². The van der Waals surface area contributed by atoms with Gasteiger partial charge in [-0.25, -0.2) is 4.79 Å². The number of carboxylic acid groups (broad SMARTS) is 1. The maximum absolute atomic E-state index is 11.5. The van der Waals surface area contributed by atoms with E-state index >= 15 is 0 Å². The third-order valence-electron chi connectivity index (χ3n) is 2.14. The molecule has 1 amide bonds. The van der Waals surface area contributed by atoms with E-state index in [-0.39, 0.29) is 6.61 Å². The molecule has 1 atom stereocenters. The number of anilines is 1. The first kappa shape index (κ1) is 14.1. The molecule has 6 nitrogen and oxygen atoms in total. The Hall–Kier alpha value is -1.92. The molecule has 1 unspecified atom stereocenters. The molecule has 0 spiro atoms. The van der Waals surface area contributed by atoms with Crippen LogP contribution in [0.5, 0.6) is 0 Å². The molecule has 18 heavy (non-hydrogen) atoms. The highest BCUT2D eigenvalue weighted by molar-refractivity contribution is 5.92. The molecule has 0 aliphatic carbocycles. The summed E-state index contributed by atoms with van der Waals surface area (Å²) in [6, 6.07) is 6.81. The third-order valence-corrected chi connectivity index (χ3v) is 2.14. The molecule has 1 aromatic carbocycles. The number of hydrogen-bond acceptors (Lipinski definition) is 4. The summed E-state index contributed by atoms with van der Waals surface area (Å²) >= 11 is 0. The van der Waals surface area contributed by atoms with Crippen molar-refractivity contribution in [2.75, 3.05) is 18.5 Å². The summed E-state index contributed by atoms with van der Waals surface area (Å²) in [4.78, 5) is 21.7. The lowest BCUT2D eigenvalue weighted by molar-refractivity contribution is -0.143. The summed E-state index contributed by atoms with van der Waals surface area (Å²) < 4.78 is 4.66. The molecule has 0 aliphatic heterocycles. The molecule has 0 radical (unpaired) electrons. The molecule has 0 saturated heterocycles. The predicted molar refractivity (Wildman–Crippen MR) is 64.2 cm³/mol. The zero-order valence-electron chi connectivity index (χ0n) is 9.92. The molecule has 0 aliphatic rings. The number of ether oxygens (including phenoxy) is 1. The predicted octanol–water partition coefficient (Wildman–Crippen LogP) is 0.780. The smallest absolute Gasteiger partial charge is 0.329 e. The van der Waals surface area contributed by atoms with Crippen molar-refractivity contribution >= 4 is 17.6 Å². The lowest BCUT2D eigenvalue weighted by atomic mass is 10.1. The summed E-state index contributed by atoms with van der Waals surface area (Å²) in [6.45, 7) is 0.720. The molecule has 1 rings (SSSR count). The van der Waals surface area contributed by atoms with Gasteiger partial charge < -0.3 is 20.3 Å². The van der Waals surface area contributed by atoms with Crippen LogP contribution in [0, 0.1) is 0 Å². The molecule has 0 bridgehead atoms. The van der Waals surface area contributed by atoms with Gasteiger partial charge in [0.25, 0.3) is 0 Å². The zero-order chi connectivity index (χ0) is 13.5. The van der Waals surface area contributed by atoms with Crippen molar-refractivity contribution < 1.29 is 24.5 Å². The van der Waals surface area contributed by atoms with Crippen molar-refractivity contribution in [3.63, 3.8) is 0 Å². The van der Waals surface area contributed by atoms with Crippen LogP contribution in [-0.2, 0) is 14.3 Å². The highest BCUT2D eigenvalue weighted by Crippen LogP contribution is 2.21. The number of nitrogens with one attached hydrogen (secondary N) is 1. The van der Waals surface area contributed by atoms with Crippen LogP contribution in [0.2, 0.25) is 0 Å². The van der Waals surface area contributed by atoms with Gasteiger partial charge in [0.15, 0.2) is 0 Å². The van der Waals surface area contributed by atoms with Gasteiger partial charge in [0.2, 0.25) is 5.91 Å². The number of aliphatic hydroxyl groups is 1.